The number of H-pyrrole nitrogens is 1. The number of aromatic nitrogens is 1. The van der Waals surface area contributed by atoms with Crippen LogP contribution in [-0.2, 0) is 0 Å². The van der Waals surface area contributed by atoms with Crippen molar-refractivity contribution in [2.24, 2.45) is 0 Å². The number of hydrogen-bond acceptors (Lipinski definition) is 4. The zero-order valence-corrected chi connectivity index (χ0v) is 9.66. The van der Waals surface area contributed by atoms with Crippen LogP contribution in [0.5, 0.6) is 0 Å². The molecule has 1 aromatic rings. The molecule has 90 valence electrons. The van der Waals surface area contributed by atoms with Gasteiger partial charge in [-0.05, 0) is 26.1 Å². The van der Waals surface area contributed by atoms with Gasteiger partial charge < -0.3 is 20.5 Å². The van der Waals surface area contributed by atoms with Crippen molar-refractivity contribution in [2.75, 3.05) is 13.6 Å². The van der Waals surface area contributed by atoms with Crippen LogP contribution in [0.3, 0.4) is 0 Å². The van der Waals surface area contributed by atoms with Crippen molar-refractivity contribution in [1.82, 2.24) is 10.3 Å². The molecule has 0 aliphatic rings. The van der Waals surface area contributed by atoms with E-state index in [1.165, 1.54) is 12.3 Å². The Kier molecular flexibility index (Phi) is 4.95. The highest BCUT2D eigenvalue weighted by atomic mass is 35.5. The van der Waals surface area contributed by atoms with E-state index in [0.29, 0.717) is 18.0 Å². The Morgan fingerprint density at radius 1 is 1.56 bits per heavy atom. The zero-order chi connectivity index (χ0) is 12.1. The Labute approximate surface area is 98.1 Å². The van der Waals surface area contributed by atoms with E-state index in [0.717, 1.165) is 0 Å². The van der Waals surface area contributed by atoms with Crippen molar-refractivity contribution in [1.29, 1.82) is 0 Å². The highest BCUT2D eigenvalue weighted by Gasteiger charge is 2.20. The summed E-state index contributed by atoms with van der Waals surface area (Å²) in [6.07, 6.45) is -0.535. The molecule has 0 amide bonds. The molecule has 0 aromatic carbocycles. The first-order valence-electron chi connectivity index (χ1n) is 4.95. The van der Waals surface area contributed by atoms with Crippen LogP contribution in [0.15, 0.2) is 17.1 Å². The van der Waals surface area contributed by atoms with Crippen molar-refractivity contribution in [3.8, 4) is 0 Å². The molecule has 1 heterocycles. The van der Waals surface area contributed by atoms with E-state index in [2.05, 4.69) is 10.3 Å². The average Bonchev–Trinajstić information content (AvgIpc) is 2.28. The lowest BCUT2D eigenvalue weighted by Gasteiger charge is -2.17. The maximum atomic E-state index is 11.4. The van der Waals surface area contributed by atoms with Gasteiger partial charge in [-0.25, -0.2) is 0 Å². The largest absolute Gasteiger partial charge is 0.390 e. The van der Waals surface area contributed by atoms with Gasteiger partial charge >= 0.3 is 0 Å². The summed E-state index contributed by atoms with van der Waals surface area (Å²) in [6, 6.07) is 1.35. The summed E-state index contributed by atoms with van der Waals surface area (Å²) in [7, 11) is 1.74. The maximum Gasteiger partial charge on any atom is 0.253 e. The Balaban J connectivity index is 2.82. The summed E-state index contributed by atoms with van der Waals surface area (Å²) in [5.41, 5.74) is -0.364. The fraction of sp³-hybridized carbons (Fsp3) is 0.500. The number of pyridine rings is 1. The highest BCUT2D eigenvalue weighted by molar-refractivity contribution is 6.30. The number of halogens is 1. The molecule has 0 fully saturated rings. The van der Waals surface area contributed by atoms with Crippen LogP contribution in [0.4, 0.5) is 0 Å². The van der Waals surface area contributed by atoms with Gasteiger partial charge in [0.25, 0.3) is 5.56 Å². The fourth-order valence-corrected chi connectivity index (χ4v) is 1.52. The molecule has 0 aliphatic carbocycles. The molecule has 16 heavy (non-hydrogen) atoms. The third kappa shape index (κ3) is 3.31. The van der Waals surface area contributed by atoms with Crippen LogP contribution in [0.25, 0.3) is 0 Å². The smallest absolute Gasteiger partial charge is 0.253 e. The zero-order valence-electron chi connectivity index (χ0n) is 8.90. The molecule has 0 saturated heterocycles. The van der Waals surface area contributed by atoms with Crippen LogP contribution < -0.4 is 10.9 Å². The van der Waals surface area contributed by atoms with Crippen LogP contribution in [0, 0.1) is 0 Å². The molecule has 0 bridgehead atoms. The molecular weight excluding hydrogens is 232 g/mol. The molecule has 0 saturated carbocycles. The molecule has 5 nitrogen and oxygen atoms in total. The van der Waals surface area contributed by atoms with Gasteiger partial charge in [0, 0.05) is 11.8 Å². The predicted molar refractivity (Wildman–Crippen MR) is 61.6 cm³/mol. The third-order valence-electron chi connectivity index (χ3n) is 2.27. The van der Waals surface area contributed by atoms with Gasteiger partial charge in [0.05, 0.1) is 11.1 Å². The number of hydrogen-bond donors (Lipinski definition) is 4. The molecule has 1 aromatic heterocycles. The Morgan fingerprint density at radius 2 is 2.25 bits per heavy atom. The van der Waals surface area contributed by atoms with Crippen LogP contribution >= 0.6 is 11.6 Å². The number of aromatic amines is 1. The molecule has 2 unspecified atom stereocenters. The standard InChI is InChI=1S/C10H15ClN2O3/c1-12-3-2-8(14)9(15)7-4-6(11)5-13-10(7)16/h4-5,8-9,12,14-15H,2-3H2,1H3,(H,13,16). The van der Waals surface area contributed by atoms with Crippen LogP contribution in [0.2, 0.25) is 5.02 Å². The minimum atomic E-state index is -1.23. The van der Waals surface area contributed by atoms with E-state index in [9.17, 15) is 15.0 Å². The minimum Gasteiger partial charge on any atom is -0.390 e. The topological polar surface area (TPSA) is 85.3 Å². The molecule has 4 N–H and O–H groups in total. The average molecular weight is 247 g/mol. The van der Waals surface area contributed by atoms with E-state index in [-0.39, 0.29) is 5.56 Å². The number of aliphatic hydroxyl groups excluding tert-OH is 2. The second-order valence-corrected chi connectivity index (χ2v) is 3.94. The predicted octanol–water partition coefficient (Wildman–Crippen LogP) is 0.0321. The van der Waals surface area contributed by atoms with E-state index in [1.54, 1.807) is 7.05 Å². The minimum absolute atomic E-state index is 0.0797. The Hall–Kier alpha value is -0.880. The summed E-state index contributed by atoms with van der Waals surface area (Å²) >= 11 is 5.69. The molecule has 0 radical (unpaired) electrons. The summed E-state index contributed by atoms with van der Waals surface area (Å²) in [5.74, 6) is 0. The monoisotopic (exact) mass is 246 g/mol. The molecule has 2 atom stereocenters. The SMILES string of the molecule is CNCCC(O)C(O)c1cc(Cl)c[nH]c1=O. The third-order valence-corrected chi connectivity index (χ3v) is 2.49. The summed E-state index contributed by atoms with van der Waals surface area (Å²) in [5, 5.41) is 22.6. The Bertz CT molecular complexity index is 394. The van der Waals surface area contributed by atoms with Gasteiger partial charge in [-0.15, -0.1) is 0 Å². The van der Waals surface area contributed by atoms with Gasteiger partial charge in [-0.1, -0.05) is 11.6 Å². The van der Waals surface area contributed by atoms with Crippen molar-refractivity contribution < 1.29 is 10.2 Å². The van der Waals surface area contributed by atoms with E-state index in [4.69, 9.17) is 11.6 Å². The highest BCUT2D eigenvalue weighted by Crippen LogP contribution is 2.17. The van der Waals surface area contributed by atoms with E-state index < -0.39 is 17.8 Å². The molecule has 6 heteroatoms. The molecule has 1 rings (SSSR count). The molecule has 0 spiro atoms. The lowest BCUT2D eigenvalue weighted by atomic mass is 10.0. The summed E-state index contributed by atoms with van der Waals surface area (Å²) in [4.78, 5) is 13.8. The lowest BCUT2D eigenvalue weighted by Crippen LogP contribution is -2.27. The fourth-order valence-electron chi connectivity index (χ4n) is 1.35. The number of aliphatic hydroxyl groups is 2. The first-order chi connectivity index (χ1) is 7.56. The van der Waals surface area contributed by atoms with Crippen LogP contribution in [-0.4, -0.2) is 34.9 Å². The summed E-state index contributed by atoms with van der Waals surface area (Å²) < 4.78 is 0. The number of nitrogens with one attached hydrogen (secondary N) is 2. The Morgan fingerprint density at radius 3 is 2.88 bits per heavy atom. The van der Waals surface area contributed by atoms with Gasteiger partial charge in [-0.2, -0.15) is 0 Å². The first-order valence-corrected chi connectivity index (χ1v) is 5.33. The summed E-state index contributed by atoms with van der Waals surface area (Å²) in [6.45, 7) is 0.552. The van der Waals surface area contributed by atoms with Crippen molar-refractivity contribution in [3.63, 3.8) is 0 Å². The van der Waals surface area contributed by atoms with Gasteiger partial charge in [0.15, 0.2) is 0 Å². The molecular formula is C10H15ClN2O3. The number of rotatable bonds is 5. The van der Waals surface area contributed by atoms with Gasteiger partial charge in [-0.3, -0.25) is 4.79 Å². The van der Waals surface area contributed by atoms with Crippen LogP contribution in [0.1, 0.15) is 18.1 Å². The van der Waals surface area contributed by atoms with Crippen molar-refractivity contribution in [3.05, 3.63) is 33.2 Å². The van der Waals surface area contributed by atoms with Gasteiger partial charge in [0.1, 0.15) is 6.10 Å². The first kappa shape index (κ1) is 13.2. The normalized spacial score (nSPS) is 14.8. The molecule has 0 aliphatic heterocycles. The van der Waals surface area contributed by atoms with E-state index >= 15 is 0 Å². The lowest BCUT2D eigenvalue weighted by molar-refractivity contribution is 0.0132. The maximum absolute atomic E-state index is 11.4. The second-order valence-electron chi connectivity index (χ2n) is 3.51. The van der Waals surface area contributed by atoms with Crippen molar-refractivity contribution >= 4 is 11.6 Å². The van der Waals surface area contributed by atoms with Crippen molar-refractivity contribution in [2.45, 2.75) is 18.6 Å². The van der Waals surface area contributed by atoms with Gasteiger partial charge in [0.2, 0.25) is 0 Å². The quantitative estimate of drug-likeness (QED) is 0.591. The van der Waals surface area contributed by atoms with E-state index in [1.807, 2.05) is 0 Å². The second kappa shape index (κ2) is 6.00.